The van der Waals surface area contributed by atoms with Gasteiger partial charge >= 0.3 is 0 Å². The lowest BCUT2D eigenvalue weighted by molar-refractivity contribution is 0.576. The van der Waals surface area contributed by atoms with E-state index in [-0.39, 0.29) is 0 Å². The Bertz CT molecular complexity index is 353. The van der Waals surface area contributed by atoms with Gasteiger partial charge in [0.25, 0.3) is 0 Å². The smallest absolute Gasteiger partial charge is 0.149 e. The molecule has 19 heavy (non-hydrogen) atoms. The summed E-state index contributed by atoms with van der Waals surface area (Å²) in [6, 6.07) is 3.64. The molecule has 0 aliphatic heterocycles. The van der Waals surface area contributed by atoms with Gasteiger partial charge in [-0.15, -0.1) is 0 Å². The van der Waals surface area contributed by atoms with E-state index in [1.165, 1.54) is 57.1 Å². The van der Waals surface area contributed by atoms with E-state index in [0.717, 1.165) is 19.0 Å². The molecule has 0 atom stereocenters. The zero-order valence-electron chi connectivity index (χ0n) is 11.9. The van der Waals surface area contributed by atoms with E-state index in [1.54, 1.807) is 0 Å². The van der Waals surface area contributed by atoms with Crippen molar-refractivity contribution in [3.8, 4) is 0 Å². The summed E-state index contributed by atoms with van der Waals surface area (Å²) in [4.78, 5) is 0. The first kappa shape index (κ1) is 15.9. The molecule has 0 unspecified atom stereocenters. The summed E-state index contributed by atoms with van der Waals surface area (Å²) in [5, 5.41) is 3.01. The molecule has 0 bridgehead atoms. The number of nitrogens with one attached hydrogen (secondary N) is 1. The third-order valence-electron chi connectivity index (χ3n) is 3.28. The molecule has 0 saturated heterocycles. The third-order valence-corrected chi connectivity index (χ3v) is 3.28. The van der Waals surface area contributed by atoms with E-state index in [4.69, 9.17) is 0 Å². The van der Waals surface area contributed by atoms with Crippen molar-refractivity contribution in [3.05, 3.63) is 29.8 Å². The van der Waals surface area contributed by atoms with Gasteiger partial charge in [-0.1, -0.05) is 51.9 Å². The van der Waals surface area contributed by atoms with Gasteiger partial charge in [-0.3, -0.25) is 0 Å². The van der Waals surface area contributed by atoms with E-state index < -0.39 is 11.6 Å². The second-order valence-corrected chi connectivity index (χ2v) is 5.03. The van der Waals surface area contributed by atoms with Crippen LogP contribution in [0.4, 0.5) is 14.5 Å². The average molecular weight is 269 g/mol. The summed E-state index contributed by atoms with van der Waals surface area (Å²) in [6.45, 7) is 2.97. The van der Waals surface area contributed by atoms with Crippen LogP contribution in [0.2, 0.25) is 0 Å². The lowest BCUT2D eigenvalue weighted by atomic mass is 10.1. The van der Waals surface area contributed by atoms with Crippen LogP contribution >= 0.6 is 0 Å². The molecule has 0 aliphatic rings. The summed E-state index contributed by atoms with van der Waals surface area (Å²) in [7, 11) is 0. The Morgan fingerprint density at radius 2 is 1.53 bits per heavy atom. The minimum absolute atomic E-state index is 0.393. The number of anilines is 1. The van der Waals surface area contributed by atoms with Gasteiger partial charge in [0, 0.05) is 12.6 Å². The fourth-order valence-electron chi connectivity index (χ4n) is 2.11. The van der Waals surface area contributed by atoms with E-state index in [9.17, 15) is 8.78 Å². The molecule has 0 radical (unpaired) electrons. The van der Waals surface area contributed by atoms with Crippen LogP contribution in [0.5, 0.6) is 0 Å². The maximum Gasteiger partial charge on any atom is 0.149 e. The molecule has 0 amide bonds. The van der Waals surface area contributed by atoms with Gasteiger partial charge < -0.3 is 5.32 Å². The molecule has 0 heterocycles. The number of halogens is 2. The minimum atomic E-state index is -0.532. The van der Waals surface area contributed by atoms with Crippen LogP contribution in [0, 0.1) is 11.6 Å². The Hall–Kier alpha value is -1.12. The maximum absolute atomic E-state index is 13.3. The Labute approximate surface area is 115 Å². The molecule has 1 N–H and O–H groups in total. The second kappa shape index (κ2) is 9.76. The highest BCUT2D eigenvalue weighted by atomic mass is 19.1. The Morgan fingerprint density at radius 1 is 0.895 bits per heavy atom. The zero-order chi connectivity index (χ0) is 13.9. The molecule has 108 valence electrons. The fraction of sp³-hybridized carbons (Fsp3) is 0.625. The SMILES string of the molecule is CCCCCCCCCCNc1ccc(F)cc1F. The van der Waals surface area contributed by atoms with Gasteiger partial charge in [0.2, 0.25) is 0 Å². The average Bonchev–Trinajstić information content (AvgIpc) is 2.39. The van der Waals surface area contributed by atoms with Crippen molar-refractivity contribution in [2.45, 2.75) is 58.3 Å². The number of unbranched alkanes of at least 4 members (excludes halogenated alkanes) is 7. The summed E-state index contributed by atoms with van der Waals surface area (Å²) >= 11 is 0. The number of hydrogen-bond acceptors (Lipinski definition) is 1. The van der Waals surface area contributed by atoms with Gasteiger partial charge in [0.15, 0.2) is 0 Å². The van der Waals surface area contributed by atoms with Crippen LogP contribution in [-0.2, 0) is 0 Å². The molecule has 0 aromatic heterocycles. The number of hydrogen-bond donors (Lipinski definition) is 1. The van der Waals surface area contributed by atoms with Gasteiger partial charge in [0.05, 0.1) is 5.69 Å². The second-order valence-electron chi connectivity index (χ2n) is 5.03. The minimum Gasteiger partial charge on any atom is -0.383 e. The van der Waals surface area contributed by atoms with Crippen molar-refractivity contribution in [2.24, 2.45) is 0 Å². The van der Waals surface area contributed by atoms with E-state index >= 15 is 0 Å². The lowest BCUT2D eigenvalue weighted by Gasteiger charge is -2.07. The van der Waals surface area contributed by atoms with Crippen molar-refractivity contribution in [1.29, 1.82) is 0 Å². The van der Waals surface area contributed by atoms with Crippen LogP contribution in [-0.4, -0.2) is 6.54 Å². The van der Waals surface area contributed by atoms with Gasteiger partial charge in [-0.25, -0.2) is 8.78 Å². The van der Waals surface area contributed by atoms with Crippen LogP contribution in [0.15, 0.2) is 18.2 Å². The van der Waals surface area contributed by atoms with Gasteiger partial charge in [0.1, 0.15) is 11.6 Å². The van der Waals surface area contributed by atoms with Crippen molar-refractivity contribution in [1.82, 2.24) is 0 Å². The number of benzene rings is 1. The molecular weight excluding hydrogens is 244 g/mol. The summed E-state index contributed by atoms with van der Waals surface area (Å²) < 4.78 is 26.0. The molecule has 0 saturated carbocycles. The quantitative estimate of drug-likeness (QED) is 0.552. The Morgan fingerprint density at radius 3 is 2.16 bits per heavy atom. The van der Waals surface area contributed by atoms with E-state index in [2.05, 4.69) is 12.2 Å². The monoisotopic (exact) mass is 269 g/mol. The molecule has 1 aromatic rings. The first-order valence-corrected chi connectivity index (χ1v) is 7.43. The summed E-state index contributed by atoms with van der Waals surface area (Å²) in [5.41, 5.74) is 0.393. The topological polar surface area (TPSA) is 12.0 Å². The predicted octanol–water partition coefficient (Wildman–Crippen LogP) is 5.52. The highest BCUT2D eigenvalue weighted by molar-refractivity contribution is 5.44. The largest absolute Gasteiger partial charge is 0.383 e. The number of rotatable bonds is 10. The maximum atomic E-state index is 13.3. The van der Waals surface area contributed by atoms with E-state index in [1.807, 2.05) is 0 Å². The fourth-order valence-corrected chi connectivity index (χ4v) is 2.11. The third kappa shape index (κ3) is 7.14. The van der Waals surface area contributed by atoms with Gasteiger partial charge in [-0.05, 0) is 18.6 Å². The molecule has 0 fully saturated rings. The van der Waals surface area contributed by atoms with Crippen LogP contribution in [0.25, 0.3) is 0 Å². The van der Waals surface area contributed by atoms with Crippen molar-refractivity contribution < 1.29 is 8.78 Å². The van der Waals surface area contributed by atoms with Crippen LogP contribution < -0.4 is 5.32 Å². The van der Waals surface area contributed by atoms with Gasteiger partial charge in [-0.2, -0.15) is 0 Å². The first-order valence-electron chi connectivity index (χ1n) is 7.43. The highest BCUT2D eigenvalue weighted by Crippen LogP contribution is 2.15. The predicted molar refractivity (Wildman–Crippen MR) is 77.5 cm³/mol. The standard InChI is InChI=1S/C16H25F2N/c1-2-3-4-5-6-7-8-9-12-19-16-11-10-14(17)13-15(16)18/h10-11,13,19H,2-9,12H2,1H3. The summed E-state index contributed by atoms with van der Waals surface area (Å²) in [5.74, 6) is -1.05. The molecule has 1 aromatic carbocycles. The summed E-state index contributed by atoms with van der Waals surface area (Å²) in [6.07, 6.45) is 10.0. The highest BCUT2D eigenvalue weighted by Gasteiger charge is 2.02. The molecule has 0 spiro atoms. The van der Waals surface area contributed by atoms with E-state index in [0.29, 0.717) is 5.69 Å². The molecule has 0 aliphatic carbocycles. The van der Waals surface area contributed by atoms with Crippen LogP contribution in [0.3, 0.4) is 0 Å². The molecule has 1 rings (SSSR count). The van der Waals surface area contributed by atoms with Crippen LogP contribution in [0.1, 0.15) is 58.3 Å². The van der Waals surface area contributed by atoms with Crippen molar-refractivity contribution in [3.63, 3.8) is 0 Å². The van der Waals surface area contributed by atoms with Crippen molar-refractivity contribution in [2.75, 3.05) is 11.9 Å². The lowest BCUT2D eigenvalue weighted by Crippen LogP contribution is -2.03. The normalized spacial score (nSPS) is 10.7. The van der Waals surface area contributed by atoms with Crippen molar-refractivity contribution >= 4 is 5.69 Å². The first-order chi connectivity index (χ1) is 9.24. The molecule has 1 nitrogen and oxygen atoms in total. The zero-order valence-corrected chi connectivity index (χ0v) is 11.9. The molecular formula is C16H25F2N. The Kier molecular flexibility index (Phi) is 8.19. The Balaban J connectivity index is 2.01. The molecule has 3 heteroatoms.